The molecule has 0 aliphatic heterocycles. The summed E-state index contributed by atoms with van der Waals surface area (Å²) in [7, 11) is -3.40. The smallest absolute Gasteiger partial charge is 0.240 e. The molecule has 0 unspecified atom stereocenters. The molecular weight excluding hydrogens is 316 g/mol. The molecule has 6 heteroatoms. The van der Waals surface area contributed by atoms with Crippen LogP contribution in [0.2, 0.25) is 0 Å². The van der Waals surface area contributed by atoms with Gasteiger partial charge in [0.15, 0.2) is 0 Å². The molecule has 0 aromatic heterocycles. The highest BCUT2D eigenvalue weighted by Gasteiger charge is 2.13. The second-order valence-electron chi connectivity index (χ2n) is 3.88. The Morgan fingerprint density at radius 1 is 1.28 bits per heavy atom. The minimum atomic E-state index is -3.40. The molecule has 0 saturated carbocycles. The normalized spacial score (nSPS) is 12.0. The van der Waals surface area contributed by atoms with Crippen LogP contribution in [0, 0.1) is 0 Å². The Hall–Kier alpha value is -0.430. The lowest BCUT2D eigenvalue weighted by Gasteiger charge is -2.18. The molecule has 0 saturated heterocycles. The predicted octanol–water partition coefficient (Wildman–Crippen LogP) is 2.07. The van der Waals surface area contributed by atoms with Crippen LogP contribution in [0.15, 0.2) is 33.6 Å². The van der Waals surface area contributed by atoms with Crippen LogP contribution in [-0.4, -0.2) is 39.5 Å². The second kappa shape index (κ2) is 7.23. The van der Waals surface area contributed by atoms with Gasteiger partial charge in [0, 0.05) is 17.6 Å². The van der Waals surface area contributed by atoms with Crippen LogP contribution in [0.4, 0.5) is 0 Å². The number of sulfonamides is 1. The molecule has 0 fully saturated rings. The molecule has 102 valence electrons. The van der Waals surface area contributed by atoms with Gasteiger partial charge in [0.1, 0.15) is 0 Å². The maximum absolute atomic E-state index is 12.0. The summed E-state index contributed by atoms with van der Waals surface area (Å²) in [6, 6.07) is 6.70. The third kappa shape index (κ3) is 4.68. The summed E-state index contributed by atoms with van der Waals surface area (Å²) in [5.74, 6) is 0. The van der Waals surface area contributed by atoms with E-state index in [0.717, 1.165) is 24.1 Å². The zero-order valence-corrected chi connectivity index (χ0v) is 13.1. The van der Waals surface area contributed by atoms with E-state index in [1.807, 2.05) is 0 Å². The topological polar surface area (TPSA) is 49.4 Å². The van der Waals surface area contributed by atoms with Crippen molar-refractivity contribution in [3.8, 4) is 0 Å². The van der Waals surface area contributed by atoms with Crippen molar-refractivity contribution in [2.24, 2.45) is 0 Å². The van der Waals surface area contributed by atoms with Gasteiger partial charge in [0.05, 0.1) is 4.90 Å². The van der Waals surface area contributed by atoms with Crippen molar-refractivity contribution in [2.45, 2.75) is 18.7 Å². The van der Waals surface area contributed by atoms with E-state index in [1.54, 1.807) is 24.3 Å². The lowest BCUT2D eigenvalue weighted by atomic mass is 10.4. The molecule has 18 heavy (non-hydrogen) atoms. The standard InChI is InChI=1S/C12H19BrN2O2S/c1-3-15(4-2)9-8-14-18(16,17)12-7-5-6-11(13)10-12/h5-7,10,14H,3-4,8-9H2,1-2H3. The summed E-state index contributed by atoms with van der Waals surface area (Å²) >= 11 is 3.27. The van der Waals surface area contributed by atoms with E-state index in [9.17, 15) is 8.42 Å². The maximum Gasteiger partial charge on any atom is 0.240 e. The van der Waals surface area contributed by atoms with Crippen molar-refractivity contribution in [3.05, 3.63) is 28.7 Å². The minimum absolute atomic E-state index is 0.288. The summed E-state index contributed by atoms with van der Waals surface area (Å²) < 4.78 is 27.4. The summed E-state index contributed by atoms with van der Waals surface area (Å²) in [5, 5.41) is 0. The Morgan fingerprint density at radius 2 is 1.94 bits per heavy atom. The van der Waals surface area contributed by atoms with E-state index in [0.29, 0.717) is 6.54 Å². The van der Waals surface area contributed by atoms with Crippen molar-refractivity contribution < 1.29 is 8.42 Å². The molecule has 1 N–H and O–H groups in total. The van der Waals surface area contributed by atoms with Gasteiger partial charge >= 0.3 is 0 Å². The third-order valence-electron chi connectivity index (χ3n) is 2.72. The Morgan fingerprint density at radius 3 is 2.50 bits per heavy atom. The summed E-state index contributed by atoms with van der Waals surface area (Å²) in [4.78, 5) is 2.46. The zero-order chi connectivity index (χ0) is 13.6. The molecule has 0 heterocycles. The first kappa shape index (κ1) is 15.6. The van der Waals surface area contributed by atoms with Crippen molar-refractivity contribution >= 4 is 26.0 Å². The van der Waals surface area contributed by atoms with Gasteiger partial charge in [-0.25, -0.2) is 13.1 Å². The Kier molecular flexibility index (Phi) is 6.28. The highest BCUT2D eigenvalue weighted by molar-refractivity contribution is 9.10. The number of likely N-dealkylation sites (N-methyl/N-ethyl adjacent to an activating group) is 1. The Balaban J connectivity index is 2.60. The van der Waals surface area contributed by atoms with Gasteiger partial charge in [-0.1, -0.05) is 35.8 Å². The van der Waals surface area contributed by atoms with Gasteiger partial charge in [0.2, 0.25) is 10.0 Å². The van der Waals surface area contributed by atoms with Crippen molar-refractivity contribution in [3.63, 3.8) is 0 Å². The molecule has 0 aliphatic rings. The number of halogens is 1. The molecule has 1 rings (SSSR count). The molecule has 0 spiro atoms. The fourth-order valence-electron chi connectivity index (χ4n) is 1.60. The molecule has 4 nitrogen and oxygen atoms in total. The molecule has 0 bridgehead atoms. The molecule has 1 aromatic carbocycles. The molecule has 1 aromatic rings. The number of nitrogens with zero attached hydrogens (tertiary/aromatic N) is 1. The fraction of sp³-hybridized carbons (Fsp3) is 0.500. The first-order valence-corrected chi connectivity index (χ1v) is 8.24. The predicted molar refractivity (Wildman–Crippen MR) is 77.1 cm³/mol. The SMILES string of the molecule is CCN(CC)CCNS(=O)(=O)c1cccc(Br)c1. The Labute approximate surface area is 118 Å². The van der Waals surface area contributed by atoms with Crippen LogP contribution in [0.5, 0.6) is 0 Å². The van der Waals surface area contributed by atoms with Gasteiger partial charge < -0.3 is 4.90 Å². The van der Waals surface area contributed by atoms with Gasteiger partial charge in [-0.15, -0.1) is 0 Å². The maximum atomic E-state index is 12.0. The average molecular weight is 335 g/mol. The van der Waals surface area contributed by atoms with Crippen LogP contribution in [0.1, 0.15) is 13.8 Å². The molecular formula is C12H19BrN2O2S. The molecule has 0 atom stereocenters. The lowest BCUT2D eigenvalue weighted by molar-refractivity contribution is 0.309. The molecule has 0 radical (unpaired) electrons. The van der Waals surface area contributed by atoms with Gasteiger partial charge in [-0.2, -0.15) is 0 Å². The number of rotatable bonds is 7. The van der Waals surface area contributed by atoms with Crippen LogP contribution < -0.4 is 4.72 Å². The number of benzene rings is 1. The number of nitrogens with one attached hydrogen (secondary N) is 1. The Bertz CT molecular complexity index is 473. The number of hydrogen-bond donors (Lipinski definition) is 1. The summed E-state index contributed by atoms with van der Waals surface area (Å²) in [5.41, 5.74) is 0. The van der Waals surface area contributed by atoms with Crippen molar-refractivity contribution in [2.75, 3.05) is 26.2 Å². The van der Waals surface area contributed by atoms with Crippen LogP contribution in [0.25, 0.3) is 0 Å². The third-order valence-corrected chi connectivity index (χ3v) is 4.67. The largest absolute Gasteiger partial charge is 0.303 e. The van der Waals surface area contributed by atoms with Gasteiger partial charge in [-0.05, 0) is 31.3 Å². The summed E-state index contributed by atoms with van der Waals surface area (Å²) in [6.45, 7) is 7.12. The fourth-order valence-corrected chi connectivity index (χ4v) is 3.21. The lowest BCUT2D eigenvalue weighted by Crippen LogP contribution is -2.34. The molecule has 0 aliphatic carbocycles. The average Bonchev–Trinajstić information content (AvgIpc) is 2.34. The van der Waals surface area contributed by atoms with E-state index < -0.39 is 10.0 Å². The monoisotopic (exact) mass is 334 g/mol. The van der Waals surface area contributed by atoms with E-state index in [1.165, 1.54) is 0 Å². The van der Waals surface area contributed by atoms with Crippen LogP contribution >= 0.6 is 15.9 Å². The first-order chi connectivity index (χ1) is 8.49. The van der Waals surface area contributed by atoms with E-state index in [-0.39, 0.29) is 4.90 Å². The molecule has 0 amide bonds. The first-order valence-electron chi connectivity index (χ1n) is 5.97. The quantitative estimate of drug-likeness (QED) is 0.830. The second-order valence-corrected chi connectivity index (χ2v) is 6.56. The van der Waals surface area contributed by atoms with Crippen molar-refractivity contribution in [1.82, 2.24) is 9.62 Å². The van der Waals surface area contributed by atoms with E-state index >= 15 is 0 Å². The van der Waals surface area contributed by atoms with E-state index in [2.05, 4.69) is 39.4 Å². The van der Waals surface area contributed by atoms with Crippen molar-refractivity contribution in [1.29, 1.82) is 0 Å². The van der Waals surface area contributed by atoms with Crippen LogP contribution in [0.3, 0.4) is 0 Å². The van der Waals surface area contributed by atoms with Gasteiger partial charge in [-0.3, -0.25) is 0 Å². The highest BCUT2D eigenvalue weighted by Crippen LogP contribution is 2.15. The number of hydrogen-bond acceptors (Lipinski definition) is 3. The van der Waals surface area contributed by atoms with Gasteiger partial charge in [0.25, 0.3) is 0 Å². The summed E-state index contributed by atoms with van der Waals surface area (Å²) in [6.07, 6.45) is 0. The highest BCUT2D eigenvalue weighted by atomic mass is 79.9. The zero-order valence-electron chi connectivity index (χ0n) is 10.7. The minimum Gasteiger partial charge on any atom is -0.303 e. The van der Waals surface area contributed by atoms with E-state index in [4.69, 9.17) is 0 Å². The van der Waals surface area contributed by atoms with Crippen LogP contribution in [-0.2, 0) is 10.0 Å².